The monoisotopic (exact) mass is 313 g/mol. The van der Waals surface area contributed by atoms with Gasteiger partial charge in [0.1, 0.15) is 0 Å². The summed E-state index contributed by atoms with van der Waals surface area (Å²) < 4.78 is 6.61. The van der Waals surface area contributed by atoms with Crippen molar-refractivity contribution in [3.63, 3.8) is 0 Å². The minimum Gasteiger partial charge on any atom is -0.414 e. The van der Waals surface area contributed by atoms with Crippen LogP contribution in [0.15, 0.2) is 0 Å². The van der Waals surface area contributed by atoms with Gasteiger partial charge in [-0.2, -0.15) is 0 Å². The first-order chi connectivity index (χ1) is 9.38. The molecule has 0 radical (unpaired) electrons. The molecule has 1 aliphatic carbocycles. The number of rotatable bonds is 4. The Hall–Kier alpha value is 0.137. The highest BCUT2D eigenvalue weighted by Crippen LogP contribution is 2.39. The van der Waals surface area contributed by atoms with Gasteiger partial charge in [0.05, 0.1) is 0 Å². The van der Waals surface area contributed by atoms with Crippen LogP contribution in [0.25, 0.3) is 0 Å². The van der Waals surface area contributed by atoms with E-state index < -0.39 is 8.32 Å². The van der Waals surface area contributed by atoms with Gasteiger partial charge in [-0.05, 0) is 71.1 Å². The highest BCUT2D eigenvalue weighted by molar-refractivity contribution is 6.74. The van der Waals surface area contributed by atoms with Crippen LogP contribution in [0.4, 0.5) is 0 Å². The average molecular weight is 314 g/mol. The van der Waals surface area contributed by atoms with E-state index in [1.54, 1.807) is 0 Å². The fourth-order valence-electron chi connectivity index (χ4n) is 3.35. The summed E-state index contributed by atoms with van der Waals surface area (Å²) in [5.41, 5.74) is 0.284. The average Bonchev–Trinajstić information content (AvgIpc) is 2.28. The van der Waals surface area contributed by atoms with Crippen LogP contribution in [0, 0.1) is 0 Å². The molecular weight excluding hydrogens is 274 g/mol. The molecule has 1 rings (SSSR count). The van der Waals surface area contributed by atoms with Gasteiger partial charge in [0.25, 0.3) is 0 Å². The fraction of sp³-hybridized carbons (Fsp3) is 1.00. The van der Waals surface area contributed by atoms with Crippen LogP contribution >= 0.6 is 0 Å². The smallest absolute Gasteiger partial charge is 0.192 e. The van der Waals surface area contributed by atoms with Crippen LogP contribution in [0.2, 0.25) is 18.1 Å². The molecule has 0 spiro atoms. The molecule has 0 heterocycles. The van der Waals surface area contributed by atoms with E-state index in [4.69, 9.17) is 4.43 Å². The Balaban J connectivity index is 2.57. The van der Waals surface area contributed by atoms with Crippen molar-refractivity contribution in [2.75, 3.05) is 6.54 Å². The summed E-state index contributed by atoms with van der Waals surface area (Å²) in [4.78, 5) is 2.68. The minimum absolute atomic E-state index is 0.284. The summed E-state index contributed by atoms with van der Waals surface area (Å²) >= 11 is 0. The molecular formula is C18H39NOSi. The summed E-state index contributed by atoms with van der Waals surface area (Å²) in [5, 5.41) is 0.324. The van der Waals surface area contributed by atoms with Gasteiger partial charge in [0, 0.05) is 17.7 Å². The number of nitrogens with zero attached hydrogens (tertiary/aromatic N) is 1. The molecule has 0 aliphatic heterocycles. The van der Waals surface area contributed by atoms with Crippen molar-refractivity contribution in [3.8, 4) is 0 Å². The van der Waals surface area contributed by atoms with Crippen LogP contribution in [0.1, 0.15) is 74.1 Å². The molecule has 0 amide bonds. The Bertz CT molecular complexity index is 319. The third kappa shape index (κ3) is 5.07. The van der Waals surface area contributed by atoms with E-state index in [9.17, 15) is 0 Å². The van der Waals surface area contributed by atoms with Crippen LogP contribution in [0.5, 0.6) is 0 Å². The van der Waals surface area contributed by atoms with Gasteiger partial charge in [-0.25, -0.2) is 0 Å². The highest BCUT2D eigenvalue weighted by atomic mass is 28.4. The highest BCUT2D eigenvalue weighted by Gasteiger charge is 2.40. The summed E-state index contributed by atoms with van der Waals surface area (Å²) in [6.45, 7) is 22.2. The van der Waals surface area contributed by atoms with E-state index in [-0.39, 0.29) is 5.54 Å². The third-order valence-corrected chi connectivity index (χ3v) is 10.1. The van der Waals surface area contributed by atoms with Crippen molar-refractivity contribution in [3.05, 3.63) is 0 Å². The molecule has 1 aliphatic rings. The van der Waals surface area contributed by atoms with E-state index in [0.717, 1.165) is 12.6 Å². The van der Waals surface area contributed by atoms with Gasteiger partial charge in [-0.1, -0.05) is 27.7 Å². The number of hydrogen-bond acceptors (Lipinski definition) is 2. The topological polar surface area (TPSA) is 12.5 Å². The zero-order valence-corrected chi connectivity index (χ0v) is 17.0. The standard InChI is InChI=1S/C18H39NOSi/c1-10-19(17(2,3)4)15-11-13-16(14-12-15)20-21(8,9)18(5,6)7/h15-16H,10-14H2,1-9H3. The van der Waals surface area contributed by atoms with Crippen molar-refractivity contribution in [2.24, 2.45) is 0 Å². The van der Waals surface area contributed by atoms with Crippen molar-refractivity contribution in [2.45, 2.75) is 110 Å². The van der Waals surface area contributed by atoms with E-state index in [1.807, 2.05) is 0 Å². The molecule has 2 nitrogen and oxygen atoms in total. The number of hydrogen-bond donors (Lipinski definition) is 0. The lowest BCUT2D eigenvalue weighted by atomic mass is 9.89. The first-order valence-electron chi connectivity index (χ1n) is 8.83. The molecule has 0 aromatic heterocycles. The van der Waals surface area contributed by atoms with Crippen LogP contribution in [0.3, 0.4) is 0 Å². The Kier molecular flexibility index (Phi) is 6.14. The molecule has 0 N–H and O–H groups in total. The van der Waals surface area contributed by atoms with Crippen molar-refractivity contribution < 1.29 is 4.43 Å². The van der Waals surface area contributed by atoms with Crippen LogP contribution in [-0.2, 0) is 4.43 Å². The summed E-state index contributed by atoms with van der Waals surface area (Å²) in [7, 11) is -1.60. The quantitative estimate of drug-likeness (QED) is 0.641. The van der Waals surface area contributed by atoms with Crippen molar-refractivity contribution in [1.29, 1.82) is 0 Å². The molecule has 126 valence electrons. The minimum atomic E-state index is -1.60. The van der Waals surface area contributed by atoms with Gasteiger partial charge in [0.15, 0.2) is 8.32 Å². The molecule has 21 heavy (non-hydrogen) atoms. The molecule has 3 heteroatoms. The van der Waals surface area contributed by atoms with Gasteiger partial charge in [-0.3, -0.25) is 4.90 Å². The maximum atomic E-state index is 6.61. The maximum absolute atomic E-state index is 6.61. The molecule has 0 bridgehead atoms. The van der Waals surface area contributed by atoms with Gasteiger partial charge < -0.3 is 4.43 Å². The lowest BCUT2D eigenvalue weighted by molar-refractivity contribution is 0.0340. The predicted molar refractivity (Wildman–Crippen MR) is 96.5 cm³/mol. The van der Waals surface area contributed by atoms with E-state index in [0.29, 0.717) is 11.1 Å². The van der Waals surface area contributed by atoms with Gasteiger partial charge >= 0.3 is 0 Å². The normalized spacial score (nSPS) is 25.4. The van der Waals surface area contributed by atoms with Crippen molar-refractivity contribution >= 4 is 8.32 Å². The third-order valence-electron chi connectivity index (χ3n) is 5.55. The first-order valence-corrected chi connectivity index (χ1v) is 11.7. The zero-order chi connectivity index (χ0) is 16.5. The Morgan fingerprint density at radius 2 is 1.43 bits per heavy atom. The van der Waals surface area contributed by atoms with Gasteiger partial charge in [0.2, 0.25) is 0 Å². The molecule has 0 unspecified atom stereocenters. The largest absolute Gasteiger partial charge is 0.414 e. The zero-order valence-electron chi connectivity index (χ0n) is 16.0. The molecule has 0 aromatic rings. The second-order valence-electron chi connectivity index (χ2n) is 9.27. The van der Waals surface area contributed by atoms with E-state index in [1.165, 1.54) is 25.7 Å². The van der Waals surface area contributed by atoms with E-state index in [2.05, 4.69) is 66.5 Å². The lowest BCUT2D eigenvalue weighted by Crippen LogP contribution is -2.51. The first kappa shape index (κ1) is 19.2. The predicted octanol–water partition coefficient (Wildman–Crippen LogP) is 5.44. The summed E-state index contributed by atoms with van der Waals surface area (Å²) in [6, 6.07) is 0.745. The van der Waals surface area contributed by atoms with Crippen LogP contribution < -0.4 is 0 Å². The maximum Gasteiger partial charge on any atom is 0.192 e. The Morgan fingerprint density at radius 3 is 1.76 bits per heavy atom. The second kappa shape index (κ2) is 6.72. The second-order valence-corrected chi connectivity index (χ2v) is 14.0. The summed E-state index contributed by atoms with van der Waals surface area (Å²) in [6.07, 6.45) is 5.57. The molecule has 1 fully saturated rings. The van der Waals surface area contributed by atoms with Crippen molar-refractivity contribution in [1.82, 2.24) is 4.90 Å². The van der Waals surface area contributed by atoms with E-state index >= 15 is 0 Å². The van der Waals surface area contributed by atoms with Crippen LogP contribution in [-0.4, -0.2) is 37.4 Å². The SMILES string of the molecule is CCN(C1CCC(O[Si](C)(C)C(C)(C)C)CC1)C(C)(C)C. The molecule has 1 saturated carbocycles. The Labute approximate surface area is 134 Å². The molecule has 0 aromatic carbocycles. The van der Waals surface area contributed by atoms with Gasteiger partial charge in [-0.15, -0.1) is 0 Å². The molecule has 0 saturated heterocycles. The Morgan fingerprint density at radius 1 is 0.952 bits per heavy atom. The lowest BCUT2D eigenvalue weighted by Gasteiger charge is -2.46. The fourth-order valence-corrected chi connectivity index (χ4v) is 4.77. The summed E-state index contributed by atoms with van der Waals surface area (Å²) in [5.74, 6) is 0. The molecule has 0 atom stereocenters.